The maximum Gasteiger partial charge on any atom is 0.410 e. The third kappa shape index (κ3) is 4.56. The number of nitriles is 1. The van der Waals surface area contributed by atoms with Crippen molar-refractivity contribution in [1.82, 2.24) is 19.4 Å². The molecule has 3 atom stereocenters. The maximum absolute atomic E-state index is 12.5. The Kier molecular flexibility index (Phi) is 6.35. The maximum atomic E-state index is 12.5. The molecule has 0 bridgehead atoms. The molecule has 0 N–H and O–H groups in total. The molecule has 2 aromatic heterocycles. The molecule has 4 rings (SSSR count). The van der Waals surface area contributed by atoms with E-state index in [1.54, 1.807) is 11.2 Å². The van der Waals surface area contributed by atoms with Crippen LogP contribution in [-0.2, 0) is 4.74 Å². The Morgan fingerprint density at radius 2 is 2.06 bits per heavy atom. The van der Waals surface area contributed by atoms with Crippen LogP contribution in [0.25, 0.3) is 11.0 Å². The number of fused-ring (bicyclic) bond motifs is 1. The van der Waals surface area contributed by atoms with Crippen LogP contribution < -0.4 is 4.90 Å². The number of amides is 1. The Balaban J connectivity index is 1.59. The molecule has 3 heterocycles. The highest BCUT2D eigenvalue weighted by atomic mass is 79.9. The fourth-order valence-corrected chi connectivity index (χ4v) is 5.39. The molecule has 2 fully saturated rings. The molecule has 172 valence electrons. The molecule has 0 spiro atoms. The summed E-state index contributed by atoms with van der Waals surface area (Å²) >= 11 is 3.75. The fraction of sp³-hybridized carbons (Fsp3) is 0.652. The zero-order valence-corrected chi connectivity index (χ0v) is 20.8. The first-order chi connectivity index (χ1) is 15.2. The molecule has 1 saturated heterocycles. The molecule has 1 aliphatic heterocycles. The zero-order valence-electron chi connectivity index (χ0n) is 19.2. The smallest absolute Gasteiger partial charge is 0.410 e. The third-order valence-corrected chi connectivity index (χ3v) is 6.92. The van der Waals surface area contributed by atoms with Crippen molar-refractivity contribution in [3.05, 3.63) is 17.0 Å². The monoisotopic (exact) mass is 502 g/mol. The summed E-state index contributed by atoms with van der Waals surface area (Å²) in [5.41, 5.74) is 0.389. The second-order valence-electron chi connectivity index (χ2n) is 9.90. The first kappa shape index (κ1) is 22.8. The summed E-state index contributed by atoms with van der Waals surface area (Å²) in [5, 5.41) is 10.4. The van der Waals surface area contributed by atoms with Crippen molar-refractivity contribution in [2.24, 2.45) is 5.92 Å². The number of aromatic nitrogens is 3. The second kappa shape index (κ2) is 8.89. The van der Waals surface area contributed by atoms with Gasteiger partial charge in [0.1, 0.15) is 23.4 Å². The standard InChI is InChI=1S/C23H31BrN6O2/c1-15-12-28(22(31)32-23(2,3)4)8-9-29(15)20-19-18(24)13-30(21(19)27-14-26-20)17-7-5-6-16(10-17)11-25/h13-17H,5-10,12H2,1-4H3/t15-,16+,17-/m0/s1. The number of hydrogen-bond donors (Lipinski definition) is 0. The predicted octanol–water partition coefficient (Wildman–Crippen LogP) is 4.89. The van der Waals surface area contributed by atoms with E-state index in [2.05, 4.69) is 54.6 Å². The number of hydrogen-bond acceptors (Lipinski definition) is 6. The van der Waals surface area contributed by atoms with Crippen LogP contribution in [0.5, 0.6) is 0 Å². The summed E-state index contributed by atoms with van der Waals surface area (Å²) < 4.78 is 8.73. The molecule has 1 amide bonds. The van der Waals surface area contributed by atoms with Crippen molar-refractivity contribution in [3.8, 4) is 6.07 Å². The first-order valence-electron chi connectivity index (χ1n) is 11.3. The van der Waals surface area contributed by atoms with E-state index < -0.39 is 5.60 Å². The van der Waals surface area contributed by atoms with E-state index >= 15 is 0 Å². The number of piperazine rings is 1. The van der Waals surface area contributed by atoms with Gasteiger partial charge in [-0.3, -0.25) is 0 Å². The molecule has 1 saturated carbocycles. The van der Waals surface area contributed by atoms with Crippen LogP contribution in [0.2, 0.25) is 0 Å². The van der Waals surface area contributed by atoms with E-state index in [1.165, 1.54) is 0 Å². The Labute approximate surface area is 197 Å². The SMILES string of the molecule is C[C@H]1CN(C(=O)OC(C)(C)C)CCN1c1ncnc2c1c(Br)cn2[C@H]1CCC[C@@H](C#N)C1. The van der Waals surface area contributed by atoms with Crippen molar-refractivity contribution in [3.63, 3.8) is 0 Å². The van der Waals surface area contributed by atoms with Gasteiger partial charge in [0, 0.05) is 48.3 Å². The van der Waals surface area contributed by atoms with E-state index in [0.717, 1.165) is 47.0 Å². The summed E-state index contributed by atoms with van der Waals surface area (Å²) in [4.78, 5) is 25.8. The van der Waals surface area contributed by atoms with Crippen LogP contribution in [0.3, 0.4) is 0 Å². The molecule has 0 aromatic carbocycles. The van der Waals surface area contributed by atoms with E-state index in [9.17, 15) is 10.1 Å². The van der Waals surface area contributed by atoms with Gasteiger partial charge in [-0.1, -0.05) is 6.42 Å². The molecular weight excluding hydrogens is 472 g/mol. The molecule has 2 aromatic rings. The molecule has 9 heteroatoms. The highest BCUT2D eigenvalue weighted by Crippen LogP contribution is 2.39. The minimum atomic E-state index is -0.506. The second-order valence-corrected chi connectivity index (χ2v) is 10.7. The normalized spacial score (nSPS) is 24.4. The van der Waals surface area contributed by atoms with E-state index in [4.69, 9.17) is 4.74 Å². The number of ether oxygens (including phenoxy) is 1. The Bertz CT molecular complexity index is 1040. The molecule has 0 unspecified atom stereocenters. The summed E-state index contributed by atoms with van der Waals surface area (Å²) in [6.07, 6.45) is 7.39. The van der Waals surface area contributed by atoms with E-state index in [1.807, 2.05) is 20.8 Å². The lowest BCUT2D eigenvalue weighted by Crippen LogP contribution is -2.54. The van der Waals surface area contributed by atoms with Gasteiger partial charge in [-0.2, -0.15) is 5.26 Å². The number of anilines is 1. The van der Waals surface area contributed by atoms with Gasteiger partial charge in [-0.05, 0) is 62.9 Å². The average Bonchev–Trinajstić information content (AvgIpc) is 3.09. The summed E-state index contributed by atoms with van der Waals surface area (Å²) in [6.45, 7) is 9.58. The quantitative estimate of drug-likeness (QED) is 0.580. The van der Waals surface area contributed by atoms with Crippen LogP contribution in [0.4, 0.5) is 10.6 Å². The van der Waals surface area contributed by atoms with Crippen LogP contribution in [0.1, 0.15) is 59.4 Å². The van der Waals surface area contributed by atoms with Gasteiger partial charge in [-0.25, -0.2) is 14.8 Å². The number of nitrogens with zero attached hydrogens (tertiary/aromatic N) is 6. The third-order valence-electron chi connectivity index (χ3n) is 6.32. The van der Waals surface area contributed by atoms with Gasteiger partial charge >= 0.3 is 6.09 Å². The minimum Gasteiger partial charge on any atom is -0.444 e. The number of carbonyl (C=O) groups is 1. The van der Waals surface area contributed by atoms with Crippen LogP contribution >= 0.6 is 15.9 Å². The van der Waals surface area contributed by atoms with Crippen molar-refractivity contribution in [2.45, 2.75) is 71.1 Å². The fourth-order valence-electron chi connectivity index (χ4n) is 4.82. The number of halogens is 1. The predicted molar refractivity (Wildman–Crippen MR) is 126 cm³/mol. The molecule has 32 heavy (non-hydrogen) atoms. The van der Waals surface area contributed by atoms with Crippen molar-refractivity contribution >= 4 is 38.9 Å². The van der Waals surface area contributed by atoms with Crippen LogP contribution in [-0.4, -0.2) is 56.8 Å². The molecular formula is C23H31BrN6O2. The van der Waals surface area contributed by atoms with Gasteiger partial charge in [-0.15, -0.1) is 0 Å². The summed E-state index contributed by atoms with van der Waals surface area (Å²) in [7, 11) is 0. The Morgan fingerprint density at radius 1 is 1.28 bits per heavy atom. The lowest BCUT2D eigenvalue weighted by atomic mass is 9.86. The van der Waals surface area contributed by atoms with E-state index in [-0.39, 0.29) is 24.1 Å². The average molecular weight is 503 g/mol. The summed E-state index contributed by atoms with van der Waals surface area (Å²) in [5.74, 6) is 0.983. The van der Waals surface area contributed by atoms with Crippen molar-refractivity contribution in [2.75, 3.05) is 24.5 Å². The number of carbonyl (C=O) groups excluding carboxylic acids is 1. The van der Waals surface area contributed by atoms with Gasteiger partial charge in [0.2, 0.25) is 0 Å². The van der Waals surface area contributed by atoms with Gasteiger partial charge < -0.3 is 19.1 Å². The Morgan fingerprint density at radius 3 is 2.75 bits per heavy atom. The summed E-state index contributed by atoms with van der Waals surface area (Å²) in [6, 6.07) is 2.80. The first-order valence-corrected chi connectivity index (χ1v) is 12.1. The number of rotatable bonds is 2. The minimum absolute atomic E-state index is 0.0854. The highest BCUT2D eigenvalue weighted by molar-refractivity contribution is 9.10. The van der Waals surface area contributed by atoms with Crippen LogP contribution in [0, 0.1) is 17.2 Å². The largest absolute Gasteiger partial charge is 0.444 e. The van der Waals surface area contributed by atoms with Crippen molar-refractivity contribution < 1.29 is 9.53 Å². The lowest BCUT2D eigenvalue weighted by Gasteiger charge is -2.41. The van der Waals surface area contributed by atoms with Gasteiger partial charge in [0.15, 0.2) is 0 Å². The Hall–Kier alpha value is -2.34. The van der Waals surface area contributed by atoms with Gasteiger partial charge in [0.25, 0.3) is 0 Å². The highest BCUT2D eigenvalue weighted by Gasteiger charge is 2.33. The molecule has 0 radical (unpaired) electrons. The van der Waals surface area contributed by atoms with Crippen LogP contribution in [0.15, 0.2) is 17.0 Å². The molecule has 1 aliphatic carbocycles. The zero-order chi connectivity index (χ0) is 23.0. The van der Waals surface area contributed by atoms with E-state index in [0.29, 0.717) is 19.6 Å². The van der Waals surface area contributed by atoms with Gasteiger partial charge in [0.05, 0.1) is 11.5 Å². The lowest BCUT2D eigenvalue weighted by molar-refractivity contribution is 0.0218. The molecule has 2 aliphatic rings. The van der Waals surface area contributed by atoms with Crippen molar-refractivity contribution in [1.29, 1.82) is 5.26 Å². The molecule has 8 nitrogen and oxygen atoms in total. The topological polar surface area (TPSA) is 87.3 Å².